The summed E-state index contributed by atoms with van der Waals surface area (Å²) in [6.07, 6.45) is -80.7. The van der Waals surface area contributed by atoms with Crippen molar-refractivity contribution in [3.8, 4) is 0 Å². The molecular formula is C66H111N5O48. The minimum absolute atomic E-state index is 0.258. The molecule has 46 atom stereocenters. The molecular weight excluding hydrogens is 1630 g/mol. The molecule has 9 rings (SSSR count). The number of ether oxygens (including phenoxy) is 18. The molecule has 0 spiro atoms. The van der Waals surface area contributed by atoms with Crippen LogP contribution in [0.1, 0.15) is 27.7 Å². The minimum atomic E-state index is -2.27. The average Bonchev–Trinajstić information content (AvgIpc) is 0.730. The standard InChI is InChI=1S/C66H111N5O48/c1-17(81)68-31-40(90)35(85)22(6-73)105-60(31)118-56-38(88)23(7-74)106-65(50(56)100)116-53-26(10-77)109-59(33(42(53)92)70-19(3)83)104-14-29-36(86)44(94)47(97)63(112-29)114-52-25(9-76)108-58(32(41(52)91)69-18(2)82)103-15-30-37(87)45(95)48(98)64(113-30)115-54-27(11-78)110-61(34(43(54)93)71-20(4)84)119-57-39(89)24(8-75)107-66(51(57)101)117-55-28(12-79)111-62(49(99)46(55)96)102-13-21(5-72)67-16-80/h16,21-66,72-79,85-101H,5-15H2,1-4H3,(H,67,80)(H,68,81)(H,69,82)(H,70,83)(H,71,84)/t21-,22-,23-,24-,25-,26-,27-,28-,29-,30-,31-,32-,33-,34-,35-,36+,37+,38+,39+,40-,41-,42-,43-,44+,45+,46-,47-,48-,49-,50-,51-,52-,53-,54-,55-,56+,57+,58-,59-,60+,61+,62-,63+,64+,65+,66+/m1/s1. The molecule has 0 bridgehead atoms. The predicted molar refractivity (Wildman–Crippen MR) is 367 cm³/mol. The Morgan fingerprint density at radius 3 is 0.874 bits per heavy atom. The molecule has 53 heteroatoms. The van der Waals surface area contributed by atoms with Crippen LogP contribution in [-0.4, -0.2) is 513 Å². The lowest BCUT2D eigenvalue weighted by Gasteiger charge is -2.50. The van der Waals surface area contributed by atoms with E-state index >= 15 is 0 Å². The number of aliphatic hydroxyl groups excluding tert-OH is 25. The summed E-state index contributed by atoms with van der Waals surface area (Å²) in [6.45, 7) is -6.29. The topological polar surface area (TPSA) is 817 Å². The average molecular weight is 1740 g/mol. The van der Waals surface area contributed by atoms with Crippen molar-refractivity contribution in [2.75, 3.05) is 72.7 Å². The number of carbonyl (C=O) groups is 5. The van der Waals surface area contributed by atoms with Gasteiger partial charge in [-0.1, -0.05) is 0 Å². The number of nitrogens with one attached hydrogen (secondary N) is 5. The van der Waals surface area contributed by atoms with Crippen molar-refractivity contribution in [3.05, 3.63) is 0 Å². The number of hydrogen-bond acceptors (Lipinski definition) is 48. The molecule has 0 saturated carbocycles. The van der Waals surface area contributed by atoms with Crippen LogP contribution in [0.3, 0.4) is 0 Å². The van der Waals surface area contributed by atoms with Crippen molar-refractivity contribution >= 4 is 30.0 Å². The number of hydrogen-bond donors (Lipinski definition) is 30. The first-order valence-electron chi connectivity index (χ1n) is 37.8. The molecule has 9 fully saturated rings. The fourth-order valence-electron chi connectivity index (χ4n) is 15.0. The second kappa shape index (κ2) is 44.2. The van der Waals surface area contributed by atoms with E-state index < -0.39 is 378 Å². The molecule has 9 aliphatic rings. The van der Waals surface area contributed by atoms with Gasteiger partial charge in [-0.25, -0.2) is 0 Å². The van der Waals surface area contributed by atoms with Crippen molar-refractivity contribution in [1.29, 1.82) is 0 Å². The third-order valence-corrected chi connectivity index (χ3v) is 21.3. The Morgan fingerprint density at radius 2 is 0.538 bits per heavy atom. The lowest BCUT2D eigenvalue weighted by atomic mass is 9.94. The Bertz CT molecular complexity index is 3160. The van der Waals surface area contributed by atoms with Crippen LogP contribution >= 0.6 is 0 Å². The maximum absolute atomic E-state index is 12.8. The maximum atomic E-state index is 12.8. The summed E-state index contributed by atoms with van der Waals surface area (Å²) < 4.78 is 105. The van der Waals surface area contributed by atoms with Crippen LogP contribution in [0.5, 0.6) is 0 Å². The molecule has 9 heterocycles. The van der Waals surface area contributed by atoms with E-state index in [9.17, 15) is 152 Å². The summed E-state index contributed by atoms with van der Waals surface area (Å²) in [4.78, 5) is 61.5. The van der Waals surface area contributed by atoms with Crippen LogP contribution in [0, 0.1) is 0 Å². The third kappa shape index (κ3) is 22.7. The highest BCUT2D eigenvalue weighted by Gasteiger charge is 2.60. The summed E-state index contributed by atoms with van der Waals surface area (Å²) in [6, 6.07) is -8.06. The first-order chi connectivity index (χ1) is 56.4. The Morgan fingerprint density at radius 1 is 0.277 bits per heavy atom. The van der Waals surface area contributed by atoms with Gasteiger partial charge < -0.3 is 240 Å². The highest BCUT2D eigenvalue weighted by atomic mass is 16.8. The Kier molecular flexibility index (Phi) is 36.5. The third-order valence-electron chi connectivity index (χ3n) is 21.3. The highest BCUT2D eigenvalue weighted by Crippen LogP contribution is 2.39. The van der Waals surface area contributed by atoms with Gasteiger partial charge in [0.2, 0.25) is 30.0 Å². The Balaban J connectivity index is 0.837. The minimum Gasteiger partial charge on any atom is -0.394 e. The maximum Gasteiger partial charge on any atom is 0.217 e. The SMILES string of the molecule is CC(=O)N[C@H]1[C@H](OC[C@H]2O[C@@H](O[C@H]3[C@H](O)[C@@H](NC(C)=O)[C@H](O[C@H]4[C@@H](O)[C@@H](CO)O[C@@H](O[C@H]5[C@H](O)[C@@H](O)[C@H](OC[C@@H](CO)NC=O)O[C@@H]5CO)[C@@H]4O)O[C@@H]3CO)[C@H](O)[C@@H](O)[C@H]2O)O[C@H](CO)[C@@H](O[C@@H]2O[C@H](CO[C@@H]3O[C@H](CO)[C@@H](O[C@@H]4O[C@H](CO)[C@H](O)[C@H](O[C@@H]5O[C@H](CO)[C@@H](O)[C@H](O)[C@H]5NC(C)=O)[C@H]4O)[C@H](O)[C@H]3NC(C)=O)[C@H](O)[C@H](O)[C@H]2O)[C@@H]1O. The normalized spacial score (nSPS) is 46.9. The van der Waals surface area contributed by atoms with E-state index in [4.69, 9.17) is 85.3 Å². The number of rotatable bonds is 35. The van der Waals surface area contributed by atoms with E-state index in [0.29, 0.717) is 0 Å². The molecule has 0 aromatic rings. The second-order valence-electron chi connectivity index (χ2n) is 29.7. The molecule has 5 amide bonds. The lowest BCUT2D eigenvalue weighted by Crippen LogP contribution is -2.70. The van der Waals surface area contributed by atoms with Gasteiger partial charge in [0.15, 0.2) is 56.6 Å². The van der Waals surface area contributed by atoms with Crippen LogP contribution in [-0.2, 0) is 109 Å². The molecule has 0 radical (unpaired) electrons. The largest absolute Gasteiger partial charge is 0.394 e. The summed E-state index contributed by atoms with van der Waals surface area (Å²) in [5.41, 5.74) is 0. The monoisotopic (exact) mass is 1740 g/mol. The van der Waals surface area contributed by atoms with Gasteiger partial charge in [-0.05, 0) is 0 Å². The molecule has 53 nitrogen and oxygen atoms in total. The van der Waals surface area contributed by atoms with E-state index in [-0.39, 0.29) is 6.41 Å². The van der Waals surface area contributed by atoms with Crippen LogP contribution in [0.2, 0.25) is 0 Å². The Labute approximate surface area is 674 Å². The zero-order valence-corrected chi connectivity index (χ0v) is 64.0. The lowest BCUT2D eigenvalue weighted by molar-refractivity contribution is -0.382. The number of aliphatic hydroxyl groups is 25. The smallest absolute Gasteiger partial charge is 0.217 e. The molecule has 0 aromatic heterocycles. The van der Waals surface area contributed by atoms with Gasteiger partial charge in [-0.3, -0.25) is 24.0 Å². The first-order valence-corrected chi connectivity index (χ1v) is 37.8. The first kappa shape index (κ1) is 98.4. The quantitative estimate of drug-likeness (QED) is 0.0262. The van der Waals surface area contributed by atoms with E-state index in [1.165, 1.54) is 0 Å². The molecule has 0 aliphatic carbocycles. The summed E-state index contributed by atoms with van der Waals surface area (Å²) >= 11 is 0. The molecule has 688 valence electrons. The zero-order valence-electron chi connectivity index (χ0n) is 64.0. The fraction of sp³-hybridized carbons (Fsp3) is 0.924. The van der Waals surface area contributed by atoms with E-state index in [2.05, 4.69) is 26.6 Å². The van der Waals surface area contributed by atoms with Crippen molar-refractivity contribution in [3.63, 3.8) is 0 Å². The highest BCUT2D eigenvalue weighted by molar-refractivity contribution is 5.74. The molecule has 0 unspecified atom stereocenters. The zero-order chi connectivity index (χ0) is 87.6. The van der Waals surface area contributed by atoms with Gasteiger partial charge in [0.25, 0.3) is 0 Å². The fourth-order valence-corrected chi connectivity index (χ4v) is 15.0. The number of carbonyl (C=O) groups excluding carboxylic acids is 5. The second-order valence-corrected chi connectivity index (χ2v) is 29.7. The van der Waals surface area contributed by atoms with Crippen LogP contribution < -0.4 is 26.6 Å². The molecule has 0 aromatic carbocycles. The van der Waals surface area contributed by atoms with Gasteiger partial charge in [-0.2, -0.15) is 0 Å². The van der Waals surface area contributed by atoms with Gasteiger partial charge in [-0.15, -0.1) is 0 Å². The van der Waals surface area contributed by atoms with Gasteiger partial charge >= 0.3 is 0 Å². The molecule has 9 saturated heterocycles. The van der Waals surface area contributed by atoms with Crippen molar-refractivity contribution in [2.45, 2.75) is 310 Å². The molecule has 9 aliphatic heterocycles. The summed E-state index contributed by atoms with van der Waals surface area (Å²) in [7, 11) is 0. The van der Waals surface area contributed by atoms with Crippen molar-refractivity contribution in [2.24, 2.45) is 0 Å². The van der Waals surface area contributed by atoms with Crippen LogP contribution in [0.4, 0.5) is 0 Å². The van der Waals surface area contributed by atoms with Gasteiger partial charge in [0.1, 0.15) is 219 Å². The van der Waals surface area contributed by atoms with Crippen molar-refractivity contribution in [1.82, 2.24) is 26.6 Å². The Hall–Kier alpha value is -4.37. The predicted octanol–water partition coefficient (Wildman–Crippen LogP) is -20.9. The molecule has 30 N–H and O–H groups in total. The van der Waals surface area contributed by atoms with E-state index in [0.717, 1.165) is 27.7 Å². The van der Waals surface area contributed by atoms with Crippen LogP contribution in [0.25, 0.3) is 0 Å². The van der Waals surface area contributed by atoms with E-state index in [1.54, 1.807) is 0 Å². The molecule has 119 heavy (non-hydrogen) atoms. The number of amides is 5. The van der Waals surface area contributed by atoms with Gasteiger partial charge in [0, 0.05) is 27.7 Å². The summed E-state index contributed by atoms with van der Waals surface area (Å²) in [5, 5.41) is 287. The van der Waals surface area contributed by atoms with Gasteiger partial charge in [0.05, 0.1) is 78.7 Å². The van der Waals surface area contributed by atoms with Crippen LogP contribution in [0.15, 0.2) is 0 Å². The van der Waals surface area contributed by atoms with E-state index in [1.807, 2.05) is 0 Å². The summed E-state index contributed by atoms with van der Waals surface area (Å²) in [5.74, 6) is -3.46. The van der Waals surface area contributed by atoms with Crippen molar-refractivity contribution < 1.29 is 237 Å².